The van der Waals surface area contributed by atoms with Gasteiger partial charge in [0.1, 0.15) is 5.82 Å². The van der Waals surface area contributed by atoms with Crippen molar-refractivity contribution in [2.75, 3.05) is 0 Å². The highest BCUT2D eigenvalue weighted by atomic mass is 35.5. The predicted octanol–water partition coefficient (Wildman–Crippen LogP) is 3.56. The highest BCUT2D eigenvalue weighted by molar-refractivity contribution is 6.30. The van der Waals surface area contributed by atoms with Crippen LogP contribution in [-0.4, -0.2) is 0 Å². The van der Waals surface area contributed by atoms with Crippen LogP contribution in [0.25, 0.3) is 0 Å². The van der Waals surface area contributed by atoms with E-state index in [0.717, 1.165) is 6.07 Å². The zero-order valence-corrected chi connectivity index (χ0v) is 7.95. The van der Waals surface area contributed by atoms with Crippen LogP contribution in [0.5, 0.6) is 0 Å². The first kappa shape index (κ1) is 11.8. The van der Waals surface area contributed by atoms with E-state index in [2.05, 4.69) is 0 Å². The molecular weight excluding hydrogens is 234 g/mol. The number of alkyl halides is 3. The molecule has 0 amide bonds. The second-order valence-electron chi connectivity index (χ2n) is 2.76. The average molecular weight is 238 g/mol. The molecule has 0 fully saturated rings. The lowest BCUT2D eigenvalue weighted by Gasteiger charge is -2.11. The summed E-state index contributed by atoms with van der Waals surface area (Å²) in [6, 6.07) is 2.69. The summed E-state index contributed by atoms with van der Waals surface area (Å²) in [7, 11) is 0. The van der Waals surface area contributed by atoms with Crippen LogP contribution in [0.3, 0.4) is 0 Å². The first-order valence-corrected chi connectivity index (χ1v) is 4.16. The van der Waals surface area contributed by atoms with Gasteiger partial charge < -0.3 is 0 Å². The van der Waals surface area contributed by atoms with Gasteiger partial charge >= 0.3 is 6.18 Å². The number of hydrogen-bond acceptors (Lipinski definition) is 1. The third-order valence-corrected chi connectivity index (χ3v) is 2.01. The van der Waals surface area contributed by atoms with E-state index >= 15 is 0 Å². The molecule has 0 unspecified atom stereocenters. The minimum atomic E-state index is -4.68. The highest BCUT2D eigenvalue weighted by Crippen LogP contribution is 2.34. The first-order valence-electron chi connectivity index (χ1n) is 3.78. The van der Waals surface area contributed by atoms with Gasteiger partial charge in [-0.2, -0.15) is 18.4 Å². The van der Waals surface area contributed by atoms with Crippen LogP contribution in [0.4, 0.5) is 17.6 Å². The number of nitriles is 1. The molecule has 6 heteroatoms. The van der Waals surface area contributed by atoms with E-state index in [1.54, 1.807) is 6.07 Å². The molecule has 1 aromatic rings. The van der Waals surface area contributed by atoms with Gasteiger partial charge in [0.2, 0.25) is 0 Å². The maximum absolute atomic E-state index is 12.8. The standard InChI is InChI=1S/C9H4ClF4N/c10-7-3-5(1-2-15)6(4-8(7)11)9(12,13)14/h3-4H,1H2. The lowest BCUT2D eigenvalue weighted by atomic mass is 10.0. The smallest absolute Gasteiger partial charge is 0.205 e. The molecule has 0 bridgehead atoms. The Morgan fingerprint density at radius 3 is 2.40 bits per heavy atom. The zero-order chi connectivity index (χ0) is 11.6. The van der Waals surface area contributed by atoms with Crippen molar-refractivity contribution in [1.82, 2.24) is 0 Å². The van der Waals surface area contributed by atoms with Gasteiger partial charge in [-0.1, -0.05) is 11.6 Å². The largest absolute Gasteiger partial charge is 0.416 e. The van der Waals surface area contributed by atoms with Crippen molar-refractivity contribution in [3.05, 3.63) is 34.1 Å². The van der Waals surface area contributed by atoms with Crippen molar-refractivity contribution in [3.8, 4) is 6.07 Å². The molecule has 1 nitrogen and oxygen atoms in total. The van der Waals surface area contributed by atoms with Crippen LogP contribution in [-0.2, 0) is 12.6 Å². The fourth-order valence-corrected chi connectivity index (χ4v) is 1.27. The molecule has 0 heterocycles. The van der Waals surface area contributed by atoms with E-state index in [4.69, 9.17) is 16.9 Å². The molecule has 0 aromatic heterocycles. The van der Waals surface area contributed by atoms with Crippen LogP contribution < -0.4 is 0 Å². The molecule has 15 heavy (non-hydrogen) atoms. The van der Waals surface area contributed by atoms with Gasteiger partial charge in [0.15, 0.2) is 0 Å². The molecule has 80 valence electrons. The molecule has 1 rings (SSSR count). The number of halogens is 5. The molecule has 0 saturated carbocycles. The van der Waals surface area contributed by atoms with E-state index < -0.39 is 29.0 Å². The Hall–Kier alpha value is -1.28. The minimum Gasteiger partial charge on any atom is -0.205 e. The second-order valence-corrected chi connectivity index (χ2v) is 3.16. The van der Waals surface area contributed by atoms with E-state index in [0.29, 0.717) is 6.07 Å². The normalized spacial score (nSPS) is 11.2. The maximum Gasteiger partial charge on any atom is 0.416 e. The fraction of sp³-hybridized carbons (Fsp3) is 0.222. The summed E-state index contributed by atoms with van der Waals surface area (Å²) in [5.41, 5.74) is -1.48. The maximum atomic E-state index is 12.8. The van der Waals surface area contributed by atoms with Crippen molar-refractivity contribution in [3.63, 3.8) is 0 Å². The molecule has 0 saturated heterocycles. The number of nitrogens with zero attached hydrogens (tertiary/aromatic N) is 1. The number of rotatable bonds is 1. The van der Waals surface area contributed by atoms with Crippen molar-refractivity contribution >= 4 is 11.6 Å². The quantitative estimate of drug-likeness (QED) is 0.685. The molecule has 0 N–H and O–H groups in total. The Kier molecular flexibility index (Phi) is 3.20. The summed E-state index contributed by atoms with van der Waals surface area (Å²) in [6.45, 7) is 0. The van der Waals surface area contributed by atoms with Crippen molar-refractivity contribution < 1.29 is 17.6 Å². The van der Waals surface area contributed by atoms with Gasteiger partial charge in [-0.15, -0.1) is 0 Å². The third-order valence-electron chi connectivity index (χ3n) is 1.72. The third kappa shape index (κ3) is 2.60. The monoisotopic (exact) mass is 237 g/mol. The van der Waals surface area contributed by atoms with Crippen molar-refractivity contribution in [2.24, 2.45) is 0 Å². The van der Waals surface area contributed by atoms with E-state index in [1.807, 2.05) is 0 Å². The number of hydrogen-bond donors (Lipinski definition) is 0. The van der Waals surface area contributed by atoms with Gasteiger partial charge in [-0.05, 0) is 17.7 Å². The summed E-state index contributed by atoms with van der Waals surface area (Å²) in [6.07, 6.45) is -5.15. The molecule has 0 radical (unpaired) electrons. The molecule has 0 aliphatic carbocycles. The lowest BCUT2D eigenvalue weighted by Crippen LogP contribution is -2.09. The van der Waals surface area contributed by atoms with E-state index in [9.17, 15) is 17.6 Å². The zero-order valence-electron chi connectivity index (χ0n) is 7.20. The summed E-state index contributed by atoms with van der Waals surface area (Å²) in [4.78, 5) is 0. The topological polar surface area (TPSA) is 23.8 Å². The van der Waals surface area contributed by atoms with Gasteiger partial charge in [0, 0.05) is 0 Å². The molecule has 0 aliphatic rings. The highest BCUT2D eigenvalue weighted by Gasteiger charge is 2.34. The molecule has 0 aliphatic heterocycles. The van der Waals surface area contributed by atoms with Crippen LogP contribution in [0.15, 0.2) is 12.1 Å². The lowest BCUT2D eigenvalue weighted by molar-refractivity contribution is -0.138. The van der Waals surface area contributed by atoms with Crippen LogP contribution in [0.2, 0.25) is 5.02 Å². The molecule has 0 spiro atoms. The SMILES string of the molecule is N#CCc1cc(Cl)c(F)cc1C(F)(F)F. The van der Waals surface area contributed by atoms with Gasteiger partial charge in [0.25, 0.3) is 0 Å². The van der Waals surface area contributed by atoms with Crippen molar-refractivity contribution in [1.29, 1.82) is 5.26 Å². The number of benzene rings is 1. The Bertz CT molecular complexity index is 419. The summed E-state index contributed by atoms with van der Waals surface area (Å²) < 4.78 is 49.9. The van der Waals surface area contributed by atoms with Gasteiger partial charge in [0.05, 0.1) is 23.1 Å². The average Bonchev–Trinajstić information content (AvgIpc) is 2.09. The van der Waals surface area contributed by atoms with Gasteiger partial charge in [-0.25, -0.2) is 4.39 Å². The van der Waals surface area contributed by atoms with E-state index in [-0.39, 0.29) is 5.56 Å². The fourth-order valence-electron chi connectivity index (χ4n) is 1.08. The Morgan fingerprint density at radius 1 is 1.33 bits per heavy atom. The summed E-state index contributed by atoms with van der Waals surface area (Å²) in [5.74, 6) is -1.15. The predicted molar refractivity (Wildman–Crippen MR) is 45.7 cm³/mol. The van der Waals surface area contributed by atoms with Crippen molar-refractivity contribution in [2.45, 2.75) is 12.6 Å². The van der Waals surface area contributed by atoms with E-state index in [1.165, 1.54) is 0 Å². The Morgan fingerprint density at radius 2 is 1.93 bits per heavy atom. The molecule has 0 atom stereocenters. The van der Waals surface area contributed by atoms with Crippen LogP contribution >= 0.6 is 11.6 Å². The molecular formula is C9H4ClF4N. The molecule has 1 aromatic carbocycles. The minimum absolute atomic E-state index is 0.301. The van der Waals surface area contributed by atoms with Crippen LogP contribution in [0.1, 0.15) is 11.1 Å². The Balaban J connectivity index is 3.36. The summed E-state index contributed by atoms with van der Waals surface area (Å²) in [5, 5.41) is 7.89. The van der Waals surface area contributed by atoms with Crippen LogP contribution in [0, 0.1) is 17.1 Å². The second kappa shape index (κ2) is 4.07. The first-order chi connectivity index (χ1) is 6.86. The van der Waals surface area contributed by atoms with Gasteiger partial charge in [-0.3, -0.25) is 0 Å². The Labute approximate surface area is 87.9 Å². The summed E-state index contributed by atoms with van der Waals surface area (Å²) >= 11 is 5.32.